The third-order valence-electron chi connectivity index (χ3n) is 2.74. The molecule has 0 aliphatic carbocycles. The number of hydrogen-bond donors (Lipinski definition) is 3. The fraction of sp³-hybridized carbons (Fsp3) is 0.462. The molecule has 0 saturated heterocycles. The van der Waals surface area contributed by atoms with Crippen molar-refractivity contribution >= 4 is 17.6 Å². The summed E-state index contributed by atoms with van der Waals surface area (Å²) in [5.74, 6) is 6.32. The number of carbonyl (C=O) groups excluding carboxylic acids is 1. The number of nitrogens with two attached hydrogens (primary N) is 3. The molecule has 0 fully saturated rings. The number of nitrogens with zero attached hydrogens (tertiary/aromatic N) is 3. The average Bonchev–Trinajstić information content (AvgIpc) is 2.45. The molecule has 1 rings (SSSR count). The molecule has 0 radical (unpaired) electrons. The quantitative estimate of drug-likeness (QED) is 0.164. The van der Waals surface area contributed by atoms with Gasteiger partial charge in [0.05, 0.1) is 11.9 Å². The number of rotatable bonds is 7. The van der Waals surface area contributed by atoms with Gasteiger partial charge in [-0.1, -0.05) is 6.07 Å². The van der Waals surface area contributed by atoms with Crippen molar-refractivity contribution in [3.8, 4) is 0 Å². The second-order valence-corrected chi connectivity index (χ2v) is 4.52. The summed E-state index contributed by atoms with van der Waals surface area (Å²) >= 11 is 0. The van der Waals surface area contributed by atoms with E-state index in [-0.39, 0.29) is 5.91 Å². The van der Waals surface area contributed by atoms with Gasteiger partial charge in [0.15, 0.2) is 0 Å². The number of aliphatic imine (C=N–C) groups is 1. The normalized spacial score (nSPS) is 13.1. The topological polar surface area (TPSA) is 124 Å². The third-order valence-corrected chi connectivity index (χ3v) is 2.74. The smallest absolute Gasteiger partial charge is 0.259 e. The van der Waals surface area contributed by atoms with Crippen LogP contribution in [0.25, 0.3) is 0 Å². The van der Waals surface area contributed by atoms with Gasteiger partial charge >= 0.3 is 0 Å². The number of pyridine rings is 1. The fourth-order valence-corrected chi connectivity index (χ4v) is 1.64. The Labute approximate surface area is 118 Å². The lowest BCUT2D eigenvalue weighted by Crippen LogP contribution is -2.48. The van der Waals surface area contributed by atoms with Gasteiger partial charge in [-0.05, 0) is 38.3 Å². The van der Waals surface area contributed by atoms with Gasteiger partial charge in [0.1, 0.15) is 5.82 Å². The second kappa shape index (κ2) is 8.23. The van der Waals surface area contributed by atoms with E-state index in [4.69, 9.17) is 17.3 Å². The van der Waals surface area contributed by atoms with Gasteiger partial charge < -0.3 is 11.5 Å². The van der Waals surface area contributed by atoms with Crippen molar-refractivity contribution < 1.29 is 4.79 Å². The van der Waals surface area contributed by atoms with E-state index in [0.29, 0.717) is 24.6 Å². The Kier molecular flexibility index (Phi) is 6.61. The van der Waals surface area contributed by atoms with E-state index in [1.807, 2.05) is 0 Å². The van der Waals surface area contributed by atoms with Crippen molar-refractivity contribution in [1.29, 1.82) is 0 Å². The Morgan fingerprint density at radius 1 is 1.45 bits per heavy atom. The molecule has 0 bridgehead atoms. The van der Waals surface area contributed by atoms with Crippen LogP contribution in [0.2, 0.25) is 0 Å². The molecule has 0 aliphatic heterocycles. The zero-order valence-corrected chi connectivity index (χ0v) is 11.7. The van der Waals surface area contributed by atoms with Gasteiger partial charge in [0, 0.05) is 12.7 Å². The molecule has 1 atom stereocenters. The van der Waals surface area contributed by atoms with Crippen LogP contribution in [0, 0.1) is 0 Å². The second-order valence-electron chi connectivity index (χ2n) is 4.52. The Morgan fingerprint density at radius 3 is 2.80 bits per heavy atom. The molecule has 0 saturated carbocycles. The summed E-state index contributed by atoms with van der Waals surface area (Å²) in [4.78, 5) is 20.1. The Morgan fingerprint density at radius 2 is 2.20 bits per heavy atom. The van der Waals surface area contributed by atoms with Crippen molar-refractivity contribution in [2.75, 3.05) is 11.6 Å². The molecule has 1 aromatic rings. The number of aromatic nitrogens is 1. The van der Waals surface area contributed by atoms with E-state index in [1.54, 1.807) is 31.3 Å². The van der Waals surface area contributed by atoms with Crippen LogP contribution < -0.4 is 22.3 Å². The summed E-state index contributed by atoms with van der Waals surface area (Å²) in [5, 5.41) is 0.993. The minimum absolute atomic E-state index is 0.345. The molecule has 20 heavy (non-hydrogen) atoms. The van der Waals surface area contributed by atoms with Gasteiger partial charge in [0.2, 0.25) is 0 Å². The maximum atomic E-state index is 12.0. The molecule has 0 aromatic carbocycles. The highest BCUT2D eigenvalue weighted by Gasteiger charge is 2.20. The molecular weight excluding hydrogens is 256 g/mol. The molecule has 7 nitrogen and oxygen atoms in total. The lowest BCUT2D eigenvalue weighted by molar-refractivity contribution is -0.120. The van der Waals surface area contributed by atoms with Crippen LogP contribution >= 0.6 is 0 Å². The van der Waals surface area contributed by atoms with E-state index >= 15 is 0 Å². The Hall–Kier alpha value is -1.99. The van der Waals surface area contributed by atoms with Crippen molar-refractivity contribution in [3.05, 3.63) is 24.4 Å². The van der Waals surface area contributed by atoms with Crippen LogP contribution in [0.1, 0.15) is 26.2 Å². The fourth-order valence-electron chi connectivity index (χ4n) is 1.64. The predicted octanol–water partition coefficient (Wildman–Crippen LogP) is 0.163. The summed E-state index contributed by atoms with van der Waals surface area (Å²) < 4.78 is 0. The molecule has 7 heteroatoms. The maximum Gasteiger partial charge on any atom is 0.259 e. The highest BCUT2D eigenvalue weighted by molar-refractivity contribution is 5.95. The molecule has 0 unspecified atom stereocenters. The summed E-state index contributed by atoms with van der Waals surface area (Å²) in [7, 11) is 0. The summed E-state index contributed by atoms with van der Waals surface area (Å²) in [6.07, 6.45) is 3.75. The lowest BCUT2D eigenvalue weighted by atomic mass is 10.1. The minimum Gasteiger partial charge on any atom is -0.388 e. The number of hydrogen-bond acceptors (Lipinski definition) is 5. The first-order valence-corrected chi connectivity index (χ1v) is 6.54. The molecule has 6 N–H and O–H groups in total. The molecular formula is C13H22N6O. The van der Waals surface area contributed by atoms with E-state index < -0.39 is 6.04 Å². The summed E-state index contributed by atoms with van der Waals surface area (Å²) in [6.45, 7) is 2.39. The lowest BCUT2D eigenvalue weighted by Gasteiger charge is -2.19. The van der Waals surface area contributed by atoms with Crippen LogP contribution in [-0.2, 0) is 4.79 Å². The molecule has 1 amide bonds. The number of hydrazine groups is 1. The van der Waals surface area contributed by atoms with Crippen LogP contribution in [0.5, 0.6) is 0 Å². The summed E-state index contributed by atoms with van der Waals surface area (Å²) in [5.41, 5.74) is 11.3. The van der Waals surface area contributed by atoms with E-state index in [1.165, 1.54) is 0 Å². The van der Waals surface area contributed by atoms with Crippen LogP contribution in [-0.4, -0.2) is 29.3 Å². The number of amidine groups is 1. The molecule has 0 spiro atoms. The van der Waals surface area contributed by atoms with Gasteiger partial charge in [-0.2, -0.15) is 0 Å². The summed E-state index contributed by atoms with van der Waals surface area (Å²) in [6, 6.07) is 4.53. The number of anilines is 1. The first-order valence-electron chi connectivity index (χ1n) is 6.54. The van der Waals surface area contributed by atoms with Crippen molar-refractivity contribution in [3.63, 3.8) is 0 Å². The predicted molar refractivity (Wildman–Crippen MR) is 79.9 cm³/mol. The maximum absolute atomic E-state index is 12.0. The number of carbonyl (C=O) groups is 1. The van der Waals surface area contributed by atoms with Crippen LogP contribution in [0.4, 0.5) is 5.82 Å². The Balaban J connectivity index is 2.37. The molecule has 1 heterocycles. The zero-order chi connectivity index (χ0) is 15.0. The van der Waals surface area contributed by atoms with Crippen molar-refractivity contribution in [1.82, 2.24) is 4.98 Å². The zero-order valence-electron chi connectivity index (χ0n) is 11.7. The molecule has 1 aromatic heterocycles. The number of unbranched alkanes of at least 4 members (excludes halogenated alkanes) is 1. The first kappa shape index (κ1) is 16.1. The van der Waals surface area contributed by atoms with E-state index in [9.17, 15) is 4.79 Å². The van der Waals surface area contributed by atoms with Crippen LogP contribution in [0.15, 0.2) is 29.4 Å². The van der Waals surface area contributed by atoms with E-state index in [2.05, 4.69) is 9.98 Å². The Bertz CT molecular complexity index is 443. The largest absolute Gasteiger partial charge is 0.388 e. The number of amides is 1. The monoisotopic (exact) mass is 278 g/mol. The van der Waals surface area contributed by atoms with Gasteiger partial charge in [-0.15, -0.1) is 0 Å². The van der Waals surface area contributed by atoms with E-state index in [0.717, 1.165) is 17.9 Å². The first-order chi connectivity index (χ1) is 9.52. The minimum atomic E-state index is -0.634. The highest BCUT2D eigenvalue weighted by atomic mass is 16.2. The molecule has 110 valence electrons. The average molecular weight is 278 g/mol. The molecule has 0 aliphatic rings. The van der Waals surface area contributed by atoms with Crippen LogP contribution in [0.3, 0.4) is 0 Å². The highest BCUT2D eigenvalue weighted by Crippen LogP contribution is 2.08. The van der Waals surface area contributed by atoms with Crippen molar-refractivity contribution in [2.24, 2.45) is 22.3 Å². The standard InChI is InChI=1S/C13H22N6O/c1-10(14)17-8-4-2-6-11(15)13(20)19(16)12-7-3-5-9-18-12/h3,5,7,9,11H,2,4,6,8,15-16H2,1H3,(H2,14,17)/t11-/m0/s1. The van der Waals surface area contributed by atoms with Gasteiger partial charge in [-0.25, -0.2) is 15.8 Å². The third kappa shape index (κ3) is 5.33. The van der Waals surface area contributed by atoms with Gasteiger partial charge in [-0.3, -0.25) is 9.79 Å². The SMILES string of the molecule is CC(N)=NCCCC[C@H](N)C(=O)N(N)c1ccccn1. The van der Waals surface area contributed by atoms with Crippen molar-refractivity contribution in [2.45, 2.75) is 32.2 Å². The van der Waals surface area contributed by atoms with Gasteiger partial charge in [0.25, 0.3) is 5.91 Å².